The maximum Gasteiger partial charge on any atom is 0.242 e. The van der Waals surface area contributed by atoms with Gasteiger partial charge in [-0.2, -0.15) is 0 Å². The van der Waals surface area contributed by atoms with Crippen LogP contribution in [0.2, 0.25) is 0 Å². The maximum atomic E-state index is 13.3. The average molecular weight is 445 g/mol. The van der Waals surface area contributed by atoms with Gasteiger partial charge in [0.25, 0.3) is 0 Å². The van der Waals surface area contributed by atoms with E-state index in [0.29, 0.717) is 13.0 Å². The molecule has 4 nitrogen and oxygen atoms in total. The molecule has 2 rings (SSSR count). The number of unbranched alkanes of at least 4 members (excludes halogenated alkanes) is 1. The van der Waals surface area contributed by atoms with Crippen LogP contribution in [-0.2, 0) is 21.9 Å². The molecule has 0 saturated heterocycles. The van der Waals surface area contributed by atoms with E-state index in [9.17, 15) is 14.0 Å². The number of carbonyl (C=O) groups excluding carboxylic acids is 2. The van der Waals surface area contributed by atoms with Crippen molar-refractivity contribution in [2.45, 2.75) is 58.4 Å². The Morgan fingerprint density at radius 3 is 2.45 bits per heavy atom. The lowest BCUT2D eigenvalue weighted by Crippen LogP contribution is -2.49. The second-order valence-corrected chi connectivity index (χ2v) is 8.62. The van der Waals surface area contributed by atoms with Crippen LogP contribution in [0.3, 0.4) is 0 Å². The van der Waals surface area contributed by atoms with E-state index >= 15 is 0 Å². The van der Waals surface area contributed by atoms with Crippen molar-refractivity contribution in [2.24, 2.45) is 0 Å². The van der Waals surface area contributed by atoms with Crippen molar-refractivity contribution in [2.75, 3.05) is 12.3 Å². The summed E-state index contributed by atoms with van der Waals surface area (Å²) in [6.07, 6.45) is 2.42. The van der Waals surface area contributed by atoms with Crippen LogP contribution in [-0.4, -0.2) is 35.1 Å². The van der Waals surface area contributed by atoms with Crippen LogP contribution in [0.4, 0.5) is 4.39 Å². The Kier molecular flexibility index (Phi) is 10.6. The van der Waals surface area contributed by atoms with Gasteiger partial charge in [-0.1, -0.05) is 56.7 Å². The molecular weight excluding hydrogens is 411 g/mol. The molecule has 6 heteroatoms. The Balaban J connectivity index is 2.10. The van der Waals surface area contributed by atoms with Crippen molar-refractivity contribution in [1.82, 2.24) is 10.2 Å². The lowest BCUT2D eigenvalue weighted by Gasteiger charge is -2.30. The molecule has 168 valence electrons. The average Bonchev–Trinajstić information content (AvgIpc) is 2.76. The molecule has 0 bridgehead atoms. The van der Waals surface area contributed by atoms with Crippen LogP contribution >= 0.6 is 11.8 Å². The summed E-state index contributed by atoms with van der Waals surface area (Å²) in [5.41, 5.74) is 3.21. The van der Waals surface area contributed by atoms with Gasteiger partial charge in [-0.15, -0.1) is 11.8 Å². The molecule has 0 heterocycles. The first-order valence-electron chi connectivity index (χ1n) is 10.9. The van der Waals surface area contributed by atoms with E-state index in [1.807, 2.05) is 19.1 Å². The molecule has 0 radical (unpaired) electrons. The van der Waals surface area contributed by atoms with Gasteiger partial charge in [0.15, 0.2) is 0 Å². The minimum atomic E-state index is -0.548. The zero-order valence-corrected chi connectivity index (χ0v) is 19.5. The van der Waals surface area contributed by atoms with Gasteiger partial charge >= 0.3 is 0 Å². The summed E-state index contributed by atoms with van der Waals surface area (Å²) in [6.45, 7) is 6.93. The number of amides is 2. The molecule has 0 aliphatic rings. The number of hydrogen-bond acceptors (Lipinski definition) is 3. The Morgan fingerprint density at radius 2 is 1.81 bits per heavy atom. The number of carbonyl (C=O) groups is 2. The summed E-state index contributed by atoms with van der Waals surface area (Å²) < 4.78 is 13.3. The predicted octanol–water partition coefficient (Wildman–Crippen LogP) is 5.09. The van der Waals surface area contributed by atoms with Crippen molar-refractivity contribution in [3.05, 3.63) is 71.0 Å². The van der Waals surface area contributed by atoms with Crippen molar-refractivity contribution < 1.29 is 14.0 Å². The highest BCUT2D eigenvalue weighted by molar-refractivity contribution is 7.99. The van der Waals surface area contributed by atoms with E-state index in [4.69, 9.17) is 0 Å². The first-order valence-corrected chi connectivity index (χ1v) is 12.1. The molecule has 0 unspecified atom stereocenters. The monoisotopic (exact) mass is 444 g/mol. The van der Waals surface area contributed by atoms with Gasteiger partial charge in [0.05, 0.1) is 5.75 Å². The van der Waals surface area contributed by atoms with Gasteiger partial charge < -0.3 is 10.2 Å². The SMILES string of the molecule is CCCCNC(=O)[C@@H](CC)N(Cc1ccc(F)cc1)C(=O)CSCc1ccccc1C. The Hall–Kier alpha value is -2.34. The zero-order chi connectivity index (χ0) is 22.6. The van der Waals surface area contributed by atoms with Gasteiger partial charge in [0, 0.05) is 18.8 Å². The fraction of sp³-hybridized carbons (Fsp3) is 0.440. The molecule has 0 aliphatic heterocycles. The van der Waals surface area contributed by atoms with Gasteiger partial charge in [-0.25, -0.2) is 4.39 Å². The minimum absolute atomic E-state index is 0.0830. The molecule has 0 spiro atoms. The molecule has 1 N–H and O–H groups in total. The Morgan fingerprint density at radius 1 is 1.10 bits per heavy atom. The summed E-state index contributed by atoms with van der Waals surface area (Å²) in [5.74, 6) is 0.492. The molecule has 1 atom stereocenters. The van der Waals surface area contributed by atoms with E-state index in [1.54, 1.807) is 28.8 Å². The number of benzene rings is 2. The van der Waals surface area contributed by atoms with Gasteiger partial charge in [-0.05, 0) is 48.6 Å². The molecular formula is C25H33FN2O2S. The number of nitrogens with one attached hydrogen (secondary N) is 1. The van der Waals surface area contributed by atoms with E-state index in [1.165, 1.54) is 23.3 Å². The van der Waals surface area contributed by atoms with Gasteiger partial charge in [-0.3, -0.25) is 9.59 Å². The summed E-state index contributed by atoms with van der Waals surface area (Å²) >= 11 is 1.55. The third-order valence-corrected chi connectivity index (χ3v) is 6.19. The summed E-state index contributed by atoms with van der Waals surface area (Å²) in [6, 6.07) is 13.7. The molecule has 2 amide bonds. The second kappa shape index (κ2) is 13.2. The quantitative estimate of drug-likeness (QED) is 0.464. The normalized spacial score (nSPS) is 11.7. The molecule has 0 saturated carbocycles. The molecule has 0 aromatic heterocycles. The smallest absolute Gasteiger partial charge is 0.242 e. The molecule has 2 aromatic carbocycles. The highest BCUT2D eigenvalue weighted by Crippen LogP contribution is 2.19. The highest BCUT2D eigenvalue weighted by atomic mass is 32.2. The fourth-order valence-electron chi connectivity index (χ4n) is 3.32. The van der Waals surface area contributed by atoms with Crippen molar-refractivity contribution in [3.63, 3.8) is 0 Å². The third kappa shape index (κ3) is 8.02. The lowest BCUT2D eigenvalue weighted by molar-refractivity contribution is -0.139. The molecule has 0 fully saturated rings. The highest BCUT2D eigenvalue weighted by Gasteiger charge is 2.28. The first-order chi connectivity index (χ1) is 15.0. The number of rotatable bonds is 12. The number of aryl methyl sites for hydroxylation is 1. The van der Waals surface area contributed by atoms with Crippen LogP contribution in [0.5, 0.6) is 0 Å². The van der Waals surface area contributed by atoms with Crippen LogP contribution in [0, 0.1) is 12.7 Å². The maximum absolute atomic E-state index is 13.3. The zero-order valence-electron chi connectivity index (χ0n) is 18.7. The fourth-order valence-corrected chi connectivity index (χ4v) is 4.30. The molecule has 2 aromatic rings. The van der Waals surface area contributed by atoms with E-state index in [0.717, 1.165) is 24.2 Å². The second-order valence-electron chi connectivity index (χ2n) is 7.64. The van der Waals surface area contributed by atoms with E-state index in [2.05, 4.69) is 31.3 Å². The van der Waals surface area contributed by atoms with E-state index < -0.39 is 6.04 Å². The van der Waals surface area contributed by atoms with Crippen LogP contribution in [0.1, 0.15) is 49.8 Å². The predicted molar refractivity (Wildman–Crippen MR) is 126 cm³/mol. The summed E-state index contributed by atoms with van der Waals surface area (Å²) in [4.78, 5) is 27.6. The van der Waals surface area contributed by atoms with Gasteiger partial charge in [0.2, 0.25) is 11.8 Å². The van der Waals surface area contributed by atoms with Crippen molar-refractivity contribution >= 4 is 23.6 Å². The van der Waals surface area contributed by atoms with Crippen LogP contribution in [0.25, 0.3) is 0 Å². The third-order valence-electron chi connectivity index (χ3n) is 5.23. The minimum Gasteiger partial charge on any atom is -0.354 e. The first kappa shape index (κ1) is 24.9. The van der Waals surface area contributed by atoms with Crippen LogP contribution < -0.4 is 5.32 Å². The number of thioether (sulfide) groups is 1. The topological polar surface area (TPSA) is 49.4 Å². The summed E-state index contributed by atoms with van der Waals surface area (Å²) in [7, 11) is 0. The summed E-state index contributed by atoms with van der Waals surface area (Å²) in [5, 5.41) is 2.95. The molecule has 31 heavy (non-hydrogen) atoms. The van der Waals surface area contributed by atoms with Crippen molar-refractivity contribution in [3.8, 4) is 0 Å². The van der Waals surface area contributed by atoms with Crippen LogP contribution in [0.15, 0.2) is 48.5 Å². The number of nitrogens with zero attached hydrogens (tertiary/aromatic N) is 1. The lowest BCUT2D eigenvalue weighted by atomic mass is 10.1. The van der Waals surface area contributed by atoms with Crippen molar-refractivity contribution in [1.29, 1.82) is 0 Å². The number of halogens is 1. The van der Waals surface area contributed by atoms with E-state index in [-0.39, 0.29) is 29.9 Å². The van der Waals surface area contributed by atoms with Gasteiger partial charge in [0.1, 0.15) is 11.9 Å². The number of hydrogen-bond donors (Lipinski definition) is 1. The molecule has 0 aliphatic carbocycles. The standard InChI is InChI=1S/C25H33FN2O2S/c1-4-6-15-27-25(30)23(5-2)28(16-20-11-13-22(26)14-12-20)24(29)18-31-17-21-10-8-7-9-19(21)3/h7-14,23H,4-6,15-18H2,1-3H3,(H,27,30)/t23-/m1/s1. The largest absolute Gasteiger partial charge is 0.354 e. The Labute approximate surface area is 189 Å². The Bertz CT molecular complexity index is 842.